The maximum absolute atomic E-state index is 13.0. The Balaban J connectivity index is 1.88. The molecule has 2 heterocycles. The number of thioether (sulfide) groups is 1. The van der Waals surface area contributed by atoms with E-state index < -0.39 is 10.0 Å². The van der Waals surface area contributed by atoms with Gasteiger partial charge in [0.15, 0.2) is 0 Å². The number of sulfonamides is 1. The van der Waals surface area contributed by atoms with E-state index >= 15 is 0 Å². The molecule has 128 valence electrons. The second-order valence-electron chi connectivity index (χ2n) is 5.95. The third-order valence-electron chi connectivity index (χ3n) is 4.27. The van der Waals surface area contributed by atoms with Crippen molar-refractivity contribution in [1.29, 1.82) is 0 Å². The van der Waals surface area contributed by atoms with Crippen molar-refractivity contribution in [2.45, 2.75) is 42.7 Å². The first-order valence-corrected chi connectivity index (χ1v) is 10.6. The molecule has 0 aliphatic carbocycles. The Morgan fingerprint density at radius 1 is 1.21 bits per heavy atom. The van der Waals surface area contributed by atoms with Crippen molar-refractivity contribution in [3.63, 3.8) is 0 Å². The second kappa shape index (κ2) is 7.25. The molecule has 0 N–H and O–H groups in total. The molecule has 0 radical (unpaired) electrons. The molecule has 24 heavy (non-hydrogen) atoms. The summed E-state index contributed by atoms with van der Waals surface area (Å²) in [4.78, 5) is 4.82. The molecule has 1 aromatic heterocycles. The summed E-state index contributed by atoms with van der Waals surface area (Å²) >= 11 is 1.69. The van der Waals surface area contributed by atoms with Gasteiger partial charge < -0.3 is 0 Å². The number of nitrogens with zero attached hydrogens (tertiary/aromatic N) is 2. The first kappa shape index (κ1) is 17.5. The fourth-order valence-corrected chi connectivity index (χ4v) is 5.30. The molecule has 3 rings (SSSR count). The number of hydrogen-bond acceptors (Lipinski definition) is 4. The number of aryl methyl sites for hydroxylation is 1. The number of hydrogen-bond donors (Lipinski definition) is 0. The summed E-state index contributed by atoms with van der Waals surface area (Å²) in [6, 6.07) is 11.0. The Labute approximate surface area is 148 Å². The number of benzene rings is 1. The Morgan fingerprint density at radius 2 is 1.96 bits per heavy atom. The Bertz CT molecular complexity index is 787. The summed E-state index contributed by atoms with van der Waals surface area (Å²) in [7, 11) is -3.47. The Hall–Kier alpha value is -1.37. The lowest BCUT2D eigenvalue weighted by Gasteiger charge is -2.24. The second-order valence-corrected chi connectivity index (χ2v) is 9.12. The first-order valence-electron chi connectivity index (χ1n) is 8.19. The summed E-state index contributed by atoms with van der Waals surface area (Å²) in [6.07, 6.45) is 3.54. The van der Waals surface area contributed by atoms with E-state index in [4.69, 9.17) is 0 Å². The summed E-state index contributed by atoms with van der Waals surface area (Å²) in [5, 5.41) is 0.979. The van der Waals surface area contributed by atoms with Crippen LogP contribution in [0.2, 0.25) is 0 Å². The quantitative estimate of drug-likeness (QED) is 0.754. The van der Waals surface area contributed by atoms with Gasteiger partial charge >= 0.3 is 0 Å². The lowest BCUT2D eigenvalue weighted by atomic mass is 10.1. The van der Waals surface area contributed by atoms with Gasteiger partial charge in [-0.15, -0.1) is 11.8 Å². The lowest BCUT2D eigenvalue weighted by Crippen LogP contribution is -2.30. The van der Waals surface area contributed by atoms with Gasteiger partial charge in [0.05, 0.1) is 16.0 Å². The van der Waals surface area contributed by atoms with Gasteiger partial charge in [-0.05, 0) is 49.3 Å². The molecule has 6 heteroatoms. The fourth-order valence-electron chi connectivity index (χ4n) is 3.03. The largest absolute Gasteiger partial charge is 0.250 e. The zero-order chi connectivity index (χ0) is 17.2. The predicted octanol–water partition coefficient (Wildman–Crippen LogP) is 4.03. The van der Waals surface area contributed by atoms with Crippen LogP contribution in [0.1, 0.15) is 36.9 Å². The van der Waals surface area contributed by atoms with Crippen LogP contribution in [-0.4, -0.2) is 30.0 Å². The average Bonchev–Trinajstić information content (AvgIpc) is 3.07. The summed E-state index contributed by atoms with van der Waals surface area (Å²) in [5.74, 6) is 0.976. The Morgan fingerprint density at radius 3 is 2.58 bits per heavy atom. The van der Waals surface area contributed by atoms with Gasteiger partial charge in [0.25, 0.3) is 0 Å². The van der Waals surface area contributed by atoms with Crippen molar-refractivity contribution in [3.05, 3.63) is 53.7 Å². The predicted molar refractivity (Wildman–Crippen MR) is 97.7 cm³/mol. The molecule has 0 spiro atoms. The van der Waals surface area contributed by atoms with Crippen LogP contribution in [0.3, 0.4) is 0 Å². The van der Waals surface area contributed by atoms with Crippen LogP contribution in [0.4, 0.5) is 0 Å². The highest BCUT2D eigenvalue weighted by Gasteiger charge is 2.36. The normalized spacial score (nSPS) is 18.8. The van der Waals surface area contributed by atoms with Gasteiger partial charge in [0.2, 0.25) is 10.0 Å². The van der Waals surface area contributed by atoms with Crippen molar-refractivity contribution in [3.8, 4) is 0 Å². The standard InChI is InChI=1S/C18H22N2O2S2/c1-3-23-18-11-8-15(13-19-18)17-5-4-12-20(17)24(21,22)16-9-6-14(2)7-10-16/h6-11,13,17H,3-5,12H2,1-2H3/t17-/m0/s1. The van der Waals surface area contributed by atoms with E-state index in [9.17, 15) is 8.42 Å². The van der Waals surface area contributed by atoms with Crippen molar-refractivity contribution in [1.82, 2.24) is 9.29 Å². The van der Waals surface area contributed by atoms with E-state index in [2.05, 4.69) is 11.9 Å². The number of pyridine rings is 1. The molecule has 1 saturated heterocycles. The smallest absolute Gasteiger partial charge is 0.243 e. The van der Waals surface area contributed by atoms with Gasteiger partial charge in [-0.2, -0.15) is 4.31 Å². The molecular formula is C18H22N2O2S2. The van der Waals surface area contributed by atoms with Gasteiger partial charge in [0.1, 0.15) is 0 Å². The third kappa shape index (κ3) is 3.50. The maximum atomic E-state index is 13.0. The van der Waals surface area contributed by atoms with Gasteiger partial charge in [-0.25, -0.2) is 13.4 Å². The molecule has 0 bridgehead atoms. The molecule has 4 nitrogen and oxygen atoms in total. The van der Waals surface area contributed by atoms with Gasteiger partial charge in [0, 0.05) is 12.7 Å². The van der Waals surface area contributed by atoms with E-state index in [0.29, 0.717) is 11.4 Å². The molecule has 1 atom stereocenters. The van der Waals surface area contributed by atoms with E-state index in [0.717, 1.165) is 34.7 Å². The minimum Gasteiger partial charge on any atom is -0.250 e. The minimum absolute atomic E-state index is 0.121. The van der Waals surface area contributed by atoms with Crippen LogP contribution in [0.25, 0.3) is 0 Å². The zero-order valence-corrected chi connectivity index (χ0v) is 15.6. The van der Waals surface area contributed by atoms with Crippen LogP contribution in [0.15, 0.2) is 52.5 Å². The molecule has 1 aromatic carbocycles. The van der Waals surface area contributed by atoms with E-state index in [-0.39, 0.29) is 6.04 Å². The fraction of sp³-hybridized carbons (Fsp3) is 0.389. The first-order chi connectivity index (χ1) is 11.5. The molecule has 0 amide bonds. The molecule has 0 saturated carbocycles. The number of aromatic nitrogens is 1. The maximum Gasteiger partial charge on any atom is 0.243 e. The van der Waals surface area contributed by atoms with Crippen LogP contribution >= 0.6 is 11.8 Å². The van der Waals surface area contributed by atoms with E-state index in [1.807, 2.05) is 37.4 Å². The van der Waals surface area contributed by atoms with Crippen molar-refractivity contribution in [2.24, 2.45) is 0 Å². The Kier molecular flexibility index (Phi) is 5.27. The molecular weight excluding hydrogens is 340 g/mol. The monoisotopic (exact) mass is 362 g/mol. The highest BCUT2D eigenvalue weighted by Crippen LogP contribution is 2.36. The third-order valence-corrected chi connectivity index (χ3v) is 7.02. The van der Waals surface area contributed by atoms with E-state index in [1.165, 1.54) is 0 Å². The zero-order valence-electron chi connectivity index (χ0n) is 14.0. The van der Waals surface area contributed by atoms with Crippen LogP contribution in [0.5, 0.6) is 0 Å². The topological polar surface area (TPSA) is 50.3 Å². The summed E-state index contributed by atoms with van der Waals surface area (Å²) in [5.41, 5.74) is 2.03. The van der Waals surface area contributed by atoms with Gasteiger partial charge in [-0.1, -0.05) is 30.7 Å². The van der Waals surface area contributed by atoms with E-state index in [1.54, 1.807) is 28.2 Å². The summed E-state index contributed by atoms with van der Waals surface area (Å²) in [6.45, 7) is 4.61. The van der Waals surface area contributed by atoms with Crippen molar-refractivity contribution >= 4 is 21.8 Å². The molecule has 1 fully saturated rings. The number of rotatable bonds is 5. The molecule has 0 unspecified atom stereocenters. The lowest BCUT2D eigenvalue weighted by molar-refractivity contribution is 0.396. The highest BCUT2D eigenvalue weighted by atomic mass is 32.2. The molecule has 2 aromatic rings. The van der Waals surface area contributed by atoms with Crippen LogP contribution in [0, 0.1) is 6.92 Å². The van der Waals surface area contributed by atoms with Gasteiger partial charge in [-0.3, -0.25) is 0 Å². The molecule has 1 aliphatic rings. The highest BCUT2D eigenvalue weighted by molar-refractivity contribution is 7.99. The SMILES string of the molecule is CCSc1ccc([C@@H]2CCCN2S(=O)(=O)c2ccc(C)cc2)cn1. The van der Waals surface area contributed by atoms with Crippen LogP contribution in [-0.2, 0) is 10.0 Å². The average molecular weight is 363 g/mol. The summed E-state index contributed by atoms with van der Waals surface area (Å²) < 4.78 is 27.6. The van der Waals surface area contributed by atoms with Crippen molar-refractivity contribution < 1.29 is 8.42 Å². The van der Waals surface area contributed by atoms with Crippen LogP contribution < -0.4 is 0 Å². The van der Waals surface area contributed by atoms with Crippen molar-refractivity contribution in [2.75, 3.05) is 12.3 Å². The minimum atomic E-state index is -3.47. The molecule has 1 aliphatic heterocycles.